The Kier molecular flexibility index (Phi) is 6.66. The van der Waals surface area contributed by atoms with E-state index in [9.17, 15) is 9.59 Å². The fraction of sp³-hybridized carbons (Fsp3) is 0.348. The number of likely N-dealkylation sites (tertiary alicyclic amines) is 1. The van der Waals surface area contributed by atoms with Gasteiger partial charge in [-0.15, -0.1) is 0 Å². The summed E-state index contributed by atoms with van der Waals surface area (Å²) in [5, 5.41) is 3.98. The van der Waals surface area contributed by atoms with Crippen LogP contribution >= 0.6 is 0 Å². The van der Waals surface area contributed by atoms with Crippen molar-refractivity contribution < 1.29 is 23.8 Å². The Bertz CT molecular complexity index is 938. The number of ether oxygens (including phenoxy) is 3. The van der Waals surface area contributed by atoms with Crippen molar-refractivity contribution in [3.05, 3.63) is 54.1 Å². The van der Waals surface area contributed by atoms with Crippen LogP contribution < -0.4 is 19.6 Å². The monoisotopic (exact) mass is 423 g/mol. The van der Waals surface area contributed by atoms with Gasteiger partial charge in [-0.2, -0.15) is 5.10 Å². The van der Waals surface area contributed by atoms with E-state index in [1.165, 1.54) is 12.6 Å². The molecule has 1 saturated heterocycles. The number of piperidine rings is 1. The van der Waals surface area contributed by atoms with Crippen LogP contribution in [0.2, 0.25) is 0 Å². The van der Waals surface area contributed by atoms with Crippen LogP contribution in [-0.4, -0.2) is 55.3 Å². The Morgan fingerprint density at radius 1 is 1.06 bits per heavy atom. The standard InChI is InChI=1S/C23H25N3O5/c27-22(26-12-4-1-5-13-26)16-29-18-10-8-17(9-11-18)14-24-25-23(28)21-15-30-19-6-2-3-7-20(19)31-21/h2-3,6-11,14,21H,1,4-5,12-13,15-16H2,(H,25,28)/b24-14-/t21-/m0/s1. The van der Waals surface area contributed by atoms with Gasteiger partial charge in [0.2, 0.25) is 6.10 Å². The number of para-hydroxylation sites is 2. The largest absolute Gasteiger partial charge is 0.485 e. The van der Waals surface area contributed by atoms with Gasteiger partial charge in [-0.3, -0.25) is 9.59 Å². The summed E-state index contributed by atoms with van der Waals surface area (Å²) in [5.41, 5.74) is 3.25. The third-order valence-electron chi connectivity index (χ3n) is 5.14. The molecule has 162 valence electrons. The van der Waals surface area contributed by atoms with Gasteiger partial charge < -0.3 is 19.1 Å². The number of hydrazone groups is 1. The molecule has 1 N–H and O–H groups in total. The maximum atomic E-state index is 12.2. The number of carbonyl (C=O) groups excluding carboxylic acids is 2. The average molecular weight is 423 g/mol. The highest BCUT2D eigenvalue weighted by Crippen LogP contribution is 2.30. The van der Waals surface area contributed by atoms with E-state index in [0.717, 1.165) is 31.5 Å². The van der Waals surface area contributed by atoms with Crippen LogP contribution in [0.4, 0.5) is 0 Å². The predicted octanol–water partition coefficient (Wildman–Crippen LogP) is 2.37. The van der Waals surface area contributed by atoms with Gasteiger partial charge in [0.1, 0.15) is 12.4 Å². The van der Waals surface area contributed by atoms with Crippen LogP contribution in [0.5, 0.6) is 17.2 Å². The van der Waals surface area contributed by atoms with Crippen molar-refractivity contribution in [1.29, 1.82) is 0 Å². The lowest BCUT2D eigenvalue weighted by atomic mass is 10.1. The van der Waals surface area contributed by atoms with Crippen molar-refractivity contribution in [2.24, 2.45) is 5.10 Å². The van der Waals surface area contributed by atoms with E-state index in [1.54, 1.807) is 36.4 Å². The number of carbonyl (C=O) groups is 2. The summed E-state index contributed by atoms with van der Waals surface area (Å²) < 4.78 is 16.8. The zero-order valence-corrected chi connectivity index (χ0v) is 17.2. The van der Waals surface area contributed by atoms with Crippen LogP contribution in [0.25, 0.3) is 0 Å². The molecule has 2 aliphatic heterocycles. The molecule has 31 heavy (non-hydrogen) atoms. The molecule has 2 aromatic carbocycles. The summed E-state index contributed by atoms with van der Waals surface area (Å²) in [6, 6.07) is 14.3. The molecule has 1 fully saturated rings. The van der Waals surface area contributed by atoms with Crippen LogP contribution in [0.3, 0.4) is 0 Å². The van der Waals surface area contributed by atoms with Gasteiger partial charge in [-0.25, -0.2) is 5.43 Å². The molecule has 1 atom stereocenters. The predicted molar refractivity (Wildman–Crippen MR) is 114 cm³/mol. The maximum absolute atomic E-state index is 12.2. The van der Waals surface area contributed by atoms with E-state index in [0.29, 0.717) is 17.2 Å². The minimum absolute atomic E-state index is 0.0181. The van der Waals surface area contributed by atoms with E-state index in [1.807, 2.05) is 17.0 Å². The van der Waals surface area contributed by atoms with E-state index < -0.39 is 6.10 Å². The first kappa shape index (κ1) is 20.7. The Balaban J connectivity index is 1.22. The summed E-state index contributed by atoms with van der Waals surface area (Å²) in [5.74, 6) is 1.40. The van der Waals surface area contributed by atoms with Crippen molar-refractivity contribution in [3.8, 4) is 17.2 Å². The van der Waals surface area contributed by atoms with E-state index in [2.05, 4.69) is 10.5 Å². The zero-order valence-electron chi connectivity index (χ0n) is 17.2. The molecule has 4 rings (SSSR count). The summed E-state index contributed by atoms with van der Waals surface area (Å²) in [7, 11) is 0. The summed E-state index contributed by atoms with van der Waals surface area (Å²) in [4.78, 5) is 26.3. The number of rotatable bonds is 6. The smallest absolute Gasteiger partial charge is 0.284 e. The first-order valence-corrected chi connectivity index (χ1v) is 10.4. The highest BCUT2D eigenvalue weighted by Gasteiger charge is 2.27. The van der Waals surface area contributed by atoms with Crippen molar-refractivity contribution in [2.75, 3.05) is 26.3 Å². The molecule has 2 aliphatic rings. The molecule has 0 unspecified atom stereocenters. The van der Waals surface area contributed by atoms with Crippen LogP contribution in [0, 0.1) is 0 Å². The van der Waals surface area contributed by atoms with Gasteiger partial charge in [0.05, 0.1) is 6.21 Å². The van der Waals surface area contributed by atoms with E-state index >= 15 is 0 Å². The molecule has 2 amide bonds. The Hall–Kier alpha value is -3.55. The van der Waals surface area contributed by atoms with E-state index in [4.69, 9.17) is 14.2 Å². The fourth-order valence-electron chi connectivity index (χ4n) is 3.42. The highest BCUT2D eigenvalue weighted by atomic mass is 16.6. The summed E-state index contributed by atoms with van der Waals surface area (Å²) in [6.07, 6.45) is 4.06. The molecule has 0 aliphatic carbocycles. The number of hydrogen-bond donors (Lipinski definition) is 1. The number of fused-ring (bicyclic) bond motifs is 1. The first-order chi connectivity index (χ1) is 15.2. The third kappa shape index (κ3) is 5.53. The maximum Gasteiger partial charge on any atom is 0.284 e. The Morgan fingerprint density at radius 3 is 2.58 bits per heavy atom. The summed E-state index contributed by atoms with van der Waals surface area (Å²) >= 11 is 0. The molecule has 0 radical (unpaired) electrons. The lowest BCUT2D eigenvalue weighted by molar-refractivity contribution is -0.134. The minimum atomic E-state index is -0.764. The highest BCUT2D eigenvalue weighted by molar-refractivity contribution is 5.85. The molecule has 2 heterocycles. The zero-order chi connectivity index (χ0) is 21.5. The molecule has 8 heteroatoms. The number of hydrogen-bond acceptors (Lipinski definition) is 6. The van der Waals surface area contributed by atoms with Gasteiger partial charge in [-0.05, 0) is 61.2 Å². The van der Waals surface area contributed by atoms with Crippen LogP contribution in [0.1, 0.15) is 24.8 Å². The molecular weight excluding hydrogens is 398 g/mol. The second kappa shape index (κ2) is 9.97. The van der Waals surface area contributed by atoms with Crippen molar-refractivity contribution in [2.45, 2.75) is 25.4 Å². The Morgan fingerprint density at radius 2 is 1.81 bits per heavy atom. The lowest BCUT2D eigenvalue weighted by Crippen LogP contribution is -2.42. The number of nitrogens with one attached hydrogen (secondary N) is 1. The molecule has 0 spiro atoms. The second-order valence-corrected chi connectivity index (χ2v) is 7.40. The van der Waals surface area contributed by atoms with Gasteiger partial charge in [0.25, 0.3) is 11.8 Å². The number of benzene rings is 2. The van der Waals surface area contributed by atoms with Gasteiger partial charge in [-0.1, -0.05) is 12.1 Å². The van der Waals surface area contributed by atoms with Gasteiger partial charge >= 0.3 is 0 Å². The normalized spacial score (nSPS) is 17.9. The molecule has 0 saturated carbocycles. The molecular formula is C23H25N3O5. The third-order valence-corrected chi connectivity index (χ3v) is 5.14. The minimum Gasteiger partial charge on any atom is -0.485 e. The first-order valence-electron chi connectivity index (χ1n) is 10.4. The number of amides is 2. The van der Waals surface area contributed by atoms with Gasteiger partial charge in [0.15, 0.2) is 18.1 Å². The molecule has 2 aromatic rings. The van der Waals surface area contributed by atoms with Crippen molar-refractivity contribution in [3.63, 3.8) is 0 Å². The second-order valence-electron chi connectivity index (χ2n) is 7.40. The SMILES string of the molecule is O=C(N/N=C\c1ccc(OCC(=O)N2CCCCC2)cc1)[C@@H]1COc2ccccc2O1. The average Bonchev–Trinajstić information content (AvgIpc) is 2.83. The lowest BCUT2D eigenvalue weighted by Gasteiger charge is -2.26. The van der Waals surface area contributed by atoms with Crippen LogP contribution in [-0.2, 0) is 9.59 Å². The number of nitrogens with zero attached hydrogens (tertiary/aromatic N) is 2. The van der Waals surface area contributed by atoms with Crippen LogP contribution in [0.15, 0.2) is 53.6 Å². The quantitative estimate of drug-likeness (QED) is 0.569. The van der Waals surface area contributed by atoms with E-state index in [-0.39, 0.29) is 25.0 Å². The fourth-order valence-corrected chi connectivity index (χ4v) is 3.42. The molecule has 0 aromatic heterocycles. The molecule has 8 nitrogen and oxygen atoms in total. The Labute approximate surface area is 180 Å². The van der Waals surface area contributed by atoms with Gasteiger partial charge in [0, 0.05) is 13.1 Å². The topological polar surface area (TPSA) is 89.5 Å². The summed E-state index contributed by atoms with van der Waals surface area (Å²) in [6.45, 7) is 1.79. The molecule has 0 bridgehead atoms. The van der Waals surface area contributed by atoms with Crippen molar-refractivity contribution >= 4 is 18.0 Å². The van der Waals surface area contributed by atoms with Crippen molar-refractivity contribution in [1.82, 2.24) is 10.3 Å².